The van der Waals surface area contributed by atoms with E-state index in [4.69, 9.17) is 5.41 Å². The van der Waals surface area contributed by atoms with Gasteiger partial charge in [0.05, 0.1) is 0 Å². The number of nitrogens with one attached hydrogen (secondary N) is 1. The first-order valence-electron chi connectivity index (χ1n) is 6.78. The summed E-state index contributed by atoms with van der Waals surface area (Å²) in [6.45, 7) is 1.94. The van der Waals surface area contributed by atoms with E-state index in [0.717, 1.165) is 25.1 Å². The van der Waals surface area contributed by atoms with Gasteiger partial charge in [0.1, 0.15) is 5.84 Å². The van der Waals surface area contributed by atoms with Crippen LogP contribution in [0.25, 0.3) is 0 Å². The van der Waals surface area contributed by atoms with Gasteiger partial charge in [-0.1, -0.05) is 60.7 Å². The number of benzene rings is 2. The number of likely N-dealkylation sites (tertiary alicyclic amines) is 1. The lowest BCUT2D eigenvalue weighted by molar-refractivity contribution is 0.508. The van der Waals surface area contributed by atoms with Gasteiger partial charge in [-0.2, -0.15) is 0 Å². The SMILES string of the molecule is N=C(c1ccccc1)N1CCC(c2ccccc2)C1. The molecule has 1 fully saturated rings. The average molecular weight is 250 g/mol. The van der Waals surface area contributed by atoms with Crippen LogP contribution in [0.15, 0.2) is 60.7 Å². The van der Waals surface area contributed by atoms with Crippen LogP contribution in [0.5, 0.6) is 0 Å². The maximum absolute atomic E-state index is 8.31. The minimum absolute atomic E-state index is 0.560. The van der Waals surface area contributed by atoms with Gasteiger partial charge < -0.3 is 4.90 Å². The van der Waals surface area contributed by atoms with Gasteiger partial charge in [0.2, 0.25) is 0 Å². The van der Waals surface area contributed by atoms with Crippen molar-refractivity contribution in [2.45, 2.75) is 12.3 Å². The third kappa shape index (κ3) is 2.53. The monoisotopic (exact) mass is 250 g/mol. The summed E-state index contributed by atoms with van der Waals surface area (Å²) in [6.07, 6.45) is 1.14. The van der Waals surface area contributed by atoms with Crippen LogP contribution in [-0.2, 0) is 0 Å². The van der Waals surface area contributed by atoms with Gasteiger partial charge in [-0.15, -0.1) is 0 Å². The summed E-state index contributed by atoms with van der Waals surface area (Å²) < 4.78 is 0. The van der Waals surface area contributed by atoms with Crippen molar-refractivity contribution in [3.05, 3.63) is 71.8 Å². The molecule has 1 unspecified atom stereocenters. The molecule has 2 aromatic rings. The molecule has 19 heavy (non-hydrogen) atoms. The fraction of sp³-hybridized carbons (Fsp3) is 0.235. The second-order valence-electron chi connectivity index (χ2n) is 5.06. The standard InChI is InChI=1S/C17H18N2/c18-17(15-9-5-2-6-10-15)19-12-11-16(13-19)14-7-3-1-4-8-14/h1-10,16,18H,11-13H2. The maximum atomic E-state index is 8.31. The summed E-state index contributed by atoms with van der Waals surface area (Å²) in [5, 5.41) is 8.31. The summed E-state index contributed by atoms with van der Waals surface area (Å²) in [5.41, 5.74) is 2.40. The zero-order chi connectivity index (χ0) is 13.1. The molecule has 1 aliphatic rings. The van der Waals surface area contributed by atoms with Gasteiger partial charge in [-0.05, 0) is 12.0 Å². The molecule has 2 heteroatoms. The van der Waals surface area contributed by atoms with Crippen LogP contribution in [0.1, 0.15) is 23.5 Å². The van der Waals surface area contributed by atoms with Crippen molar-refractivity contribution in [3.63, 3.8) is 0 Å². The van der Waals surface area contributed by atoms with E-state index >= 15 is 0 Å². The molecule has 0 bridgehead atoms. The Morgan fingerprint density at radius 3 is 2.26 bits per heavy atom. The molecule has 1 N–H and O–H groups in total. The fourth-order valence-corrected chi connectivity index (χ4v) is 2.74. The summed E-state index contributed by atoms with van der Waals surface area (Å²) in [4.78, 5) is 2.19. The summed E-state index contributed by atoms with van der Waals surface area (Å²) >= 11 is 0. The largest absolute Gasteiger partial charge is 0.356 e. The first kappa shape index (κ1) is 12.0. The van der Waals surface area contributed by atoms with Crippen LogP contribution in [0.3, 0.4) is 0 Å². The molecule has 96 valence electrons. The predicted octanol–water partition coefficient (Wildman–Crippen LogP) is 3.50. The molecule has 0 spiro atoms. The molecule has 1 aliphatic heterocycles. The number of hydrogen-bond donors (Lipinski definition) is 1. The third-order valence-corrected chi connectivity index (χ3v) is 3.82. The molecule has 2 aromatic carbocycles. The van der Waals surface area contributed by atoms with E-state index < -0.39 is 0 Å². The quantitative estimate of drug-likeness (QED) is 0.641. The Kier molecular flexibility index (Phi) is 3.32. The Morgan fingerprint density at radius 1 is 0.947 bits per heavy atom. The third-order valence-electron chi connectivity index (χ3n) is 3.82. The van der Waals surface area contributed by atoms with E-state index in [1.54, 1.807) is 0 Å². The van der Waals surface area contributed by atoms with Gasteiger partial charge >= 0.3 is 0 Å². The van der Waals surface area contributed by atoms with Crippen molar-refractivity contribution < 1.29 is 0 Å². The van der Waals surface area contributed by atoms with E-state index in [2.05, 4.69) is 35.2 Å². The molecule has 0 amide bonds. The molecule has 1 atom stereocenters. The lowest BCUT2D eigenvalue weighted by Crippen LogP contribution is -2.28. The predicted molar refractivity (Wildman–Crippen MR) is 78.6 cm³/mol. The minimum Gasteiger partial charge on any atom is -0.356 e. The van der Waals surface area contributed by atoms with E-state index in [1.807, 2.05) is 30.3 Å². The first-order chi connectivity index (χ1) is 9.34. The fourth-order valence-electron chi connectivity index (χ4n) is 2.74. The highest BCUT2D eigenvalue weighted by molar-refractivity contribution is 5.96. The highest BCUT2D eigenvalue weighted by atomic mass is 15.2. The van der Waals surface area contributed by atoms with Crippen molar-refractivity contribution in [2.24, 2.45) is 0 Å². The smallest absolute Gasteiger partial charge is 0.128 e. The number of amidine groups is 1. The van der Waals surface area contributed by atoms with E-state index in [0.29, 0.717) is 11.8 Å². The minimum atomic E-state index is 0.560. The lowest BCUT2D eigenvalue weighted by Gasteiger charge is -2.19. The van der Waals surface area contributed by atoms with Crippen LogP contribution in [0.4, 0.5) is 0 Å². The van der Waals surface area contributed by atoms with Crippen LogP contribution in [0.2, 0.25) is 0 Å². The normalized spacial score (nSPS) is 18.5. The molecule has 1 saturated heterocycles. The molecule has 0 saturated carbocycles. The van der Waals surface area contributed by atoms with Gasteiger partial charge in [0.25, 0.3) is 0 Å². The van der Waals surface area contributed by atoms with Gasteiger partial charge in [0.15, 0.2) is 0 Å². The van der Waals surface area contributed by atoms with Crippen LogP contribution in [0, 0.1) is 5.41 Å². The lowest BCUT2D eigenvalue weighted by atomic mass is 9.99. The second-order valence-corrected chi connectivity index (χ2v) is 5.06. The molecular weight excluding hydrogens is 232 g/mol. The number of hydrogen-bond acceptors (Lipinski definition) is 1. The molecule has 0 radical (unpaired) electrons. The summed E-state index contributed by atoms with van der Waals surface area (Å²) in [7, 11) is 0. The highest BCUT2D eigenvalue weighted by Gasteiger charge is 2.25. The van der Waals surface area contributed by atoms with Gasteiger partial charge in [-0.25, -0.2) is 0 Å². The Labute approximate surface area is 114 Å². The zero-order valence-corrected chi connectivity index (χ0v) is 10.9. The summed E-state index contributed by atoms with van der Waals surface area (Å²) in [5.74, 6) is 1.21. The molecular formula is C17H18N2. The van der Waals surface area contributed by atoms with Crippen LogP contribution in [-0.4, -0.2) is 23.8 Å². The average Bonchev–Trinajstić information content (AvgIpc) is 2.98. The van der Waals surface area contributed by atoms with Crippen molar-refractivity contribution >= 4 is 5.84 Å². The Bertz CT molecular complexity index is 548. The molecule has 3 rings (SSSR count). The Morgan fingerprint density at radius 2 is 1.58 bits per heavy atom. The Balaban J connectivity index is 1.71. The van der Waals surface area contributed by atoms with E-state index in [1.165, 1.54) is 5.56 Å². The van der Waals surface area contributed by atoms with Crippen molar-refractivity contribution in [1.82, 2.24) is 4.90 Å². The first-order valence-corrected chi connectivity index (χ1v) is 6.78. The number of rotatable bonds is 2. The van der Waals surface area contributed by atoms with Crippen molar-refractivity contribution in [1.29, 1.82) is 5.41 Å². The van der Waals surface area contributed by atoms with Crippen molar-refractivity contribution in [3.8, 4) is 0 Å². The van der Waals surface area contributed by atoms with E-state index in [9.17, 15) is 0 Å². The van der Waals surface area contributed by atoms with Gasteiger partial charge in [0, 0.05) is 24.6 Å². The summed E-state index contributed by atoms with van der Waals surface area (Å²) in [6, 6.07) is 20.6. The maximum Gasteiger partial charge on any atom is 0.128 e. The van der Waals surface area contributed by atoms with Crippen LogP contribution < -0.4 is 0 Å². The second kappa shape index (κ2) is 5.27. The zero-order valence-electron chi connectivity index (χ0n) is 10.9. The Hall–Kier alpha value is -2.09. The molecule has 1 heterocycles. The molecule has 2 nitrogen and oxygen atoms in total. The van der Waals surface area contributed by atoms with Gasteiger partial charge in [-0.3, -0.25) is 5.41 Å². The molecule has 0 aromatic heterocycles. The van der Waals surface area contributed by atoms with E-state index in [-0.39, 0.29) is 0 Å². The van der Waals surface area contributed by atoms with Crippen LogP contribution >= 0.6 is 0 Å². The molecule has 0 aliphatic carbocycles. The number of nitrogens with zero attached hydrogens (tertiary/aromatic N) is 1. The topological polar surface area (TPSA) is 27.1 Å². The van der Waals surface area contributed by atoms with Crippen molar-refractivity contribution in [2.75, 3.05) is 13.1 Å². The highest BCUT2D eigenvalue weighted by Crippen LogP contribution is 2.27.